The van der Waals surface area contributed by atoms with Crippen molar-refractivity contribution in [2.75, 3.05) is 51.3 Å². The van der Waals surface area contributed by atoms with Crippen LogP contribution in [0.5, 0.6) is 11.6 Å². The molecular weight excluding hydrogens is 587 g/mol. The van der Waals surface area contributed by atoms with Crippen molar-refractivity contribution in [1.82, 2.24) is 20.5 Å². The summed E-state index contributed by atoms with van der Waals surface area (Å²) in [5.41, 5.74) is 1.25. The fourth-order valence-corrected chi connectivity index (χ4v) is 5.99. The summed E-state index contributed by atoms with van der Waals surface area (Å²) in [6.07, 6.45) is -1.65. The number of carbonyl (C=O) groups is 2. The van der Waals surface area contributed by atoms with E-state index in [1.54, 1.807) is 6.20 Å². The van der Waals surface area contributed by atoms with Gasteiger partial charge in [0, 0.05) is 55.7 Å². The molecular formula is C33H38F3N5O4. The Morgan fingerprint density at radius 3 is 2.60 bits per heavy atom. The molecule has 0 spiro atoms. The molecule has 0 aliphatic carbocycles. The molecule has 5 rings (SSSR count). The second kappa shape index (κ2) is 13.8. The highest BCUT2D eigenvalue weighted by Crippen LogP contribution is 2.37. The molecule has 240 valence electrons. The molecule has 9 nitrogen and oxygen atoms in total. The van der Waals surface area contributed by atoms with Gasteiger partial charge in [-0.05, 0) is 74.3 Å². The molecule has 2 atom stereocenters. The van der Waals surface area contributed by atoms with E-state index in [1.165, 1.54) is 24.1 Å². The Labute approximate surface area is 260 Å². The molecule has 0 radical (unpaired) electrons. The minimum Gasteiger partial charge on any atom is -0.497 e. The number of benzene rings is 2. The zero-order valence-corrected chi connectivity index (χ0v) is 25.6. The molecule has 3 heterocycles. The Morgan fingerprint density at radius 2 is 1.91 bits per heavy atom. The van der Waals surface area contributed by atoms with Gasteiger partial charge in [0.15, 0.2) is 0 Å². The third-order valence-corrected chi connectivity index (χ3v) is 8.31. The Balaban J connectivity index is 1.46. The number of amides is 2. The summed E-state index contributed by atoms with van der Waals surface area (Å²) in [7, 11) is 1.28. The molecule has 2 fully saturated rings. The lowest BCUT2D eigenvalue weighted by atomic mass is 9.98. The Hall–Kier alpha value is -4.32. The minimum absolute atomic E-state index is 0.00449. The van der Waals surface area contributed by atoms with Crippen LogP contribution in [0.3, 0.4) is 0 Å². The highest BCUT2D eigenvalue weighted by molar-refractivity contribution is 6.02. The topological polar surface area (TPSA) is 96.0 Å². The molecule has 2 saturated heterocycles. The number of alkyl halides is 3. The van der Waals surface area contributed by atoms with Gasteiger partial charge in [0.25, 0.3) is 11.8 Å². The Bertz CT molecular complexity index is 1530. The third kappa shape index (κ3) is 7.00. The quantitative estimate of drug-likeness (QED) is 0.345. The summed E-state index contributed by atoms with van der Waals surface area (Å²) in [6.45, 7) is 6.50. The summed E-state index contributed by atoms with van der Waals surface area (Å²) >= 11 is 0. The molecule has 2 N–H and O–H groups in total. The van der Waals surface area contributed by atoms with Gasteiger partial charge in [0.2, 0.25) is 5.88 Å². The van der Waals surface area contributed by atoms with Crippen LogP contribution >= 0.6 is 0 Å². The van der Waals surface area contributed by atoms with Crippen molar-refractivity contribution in [3.05, 3.63) is 71.4 Å². The van der Waals surface area contributed by atoms with Crippen LogP contribution in [0, 0.1) is 0 Å². The second-order valence-electron chi connectivity index (χ2n) is 11.1. The summed E-state index contributed by atoms with van der Waals surface area (Å²) in [6, 6.07) is 12.5. The van der Waals surface area contributed by atoms with E-state index in [9.17, 15) is 22.8 Å². The monoisotopic (exact) mass is 625 g/mol. The summed E-state index contributed by atoms with van der Waals surface area (Å²) in [5, 5.41) is 6.41. The van der Waals surface area contributed by atoms with Gasteiger partial charge in [-0.25, -0.2) is 4.98 Å². The van der Waals surface area contributed by atoms with E-state index in [4.69, 9.17) is 9.47 Å². The van der Waals surface area contributed by atoms with Crippen molar-refractivity contribution in [3.63, 3.8) is 0 Å². The zero-order valence-electron chi connectivity index (χ0n) is 25.6. The maximum absolute atomic E-state index is 13.9. The number of methoxy groups -OCH3 is 1. The average molecular weight is 626 g/mol. The molecule has 2 aliphatic heterocycles. The van der Waals surface area contributed by atoms with Crippen molar-refractivity contribution in [3.8, 4) is 22.8 Å². The van der Waals surface area contributed by atoms with E-state index in [0.29, 0.717) is 43.2 Å². The average Bonchev–Trinajstić information content (AvgIpc) is 3.56. The molecule has 0 unspecified atom stereocenters. The molecule has 3 aromatic rings. The highest BCUT2D eigenvalue weighted by atomic mass is 19.4. The second-order valence-corrected chi connectivity index (χ2v) is 11.1. The largest absolute Gasteiger partial charge is 0.497 e. The molecule has 0 saturated carbocycles. The maximum atomic E-state index is 13.9. The molecule has 45 heavy (non-hydrogen) atoms. The lowest BCUT2D eigenvalue weighted by molar-refractivity contribution is -0.138. The number of rotatable bonds is 9. The normalized spacial score (nSPS) is 18.5. The van der Waals surface area contributed by atoms with Crippen LogP contribution in [0.4, 0.5) is 18.9 Å². The predicted octanol–water partition coefficient (Wildman–Crippen LogP) is 5.01. The predicted molar refractivity (Wildman–Crippen MR) is 165 cm³/mol. The first-order valence-electron chi connectivity index (χ1n) is 15.2. The van der Waals surface area contributed by atoms with Gasteiger partial charge < -0.3 is 29.9 Å². The number of piperazine rings is 1. The fourth-order valence-electron chi connectivity index (χ4n) is 5.99. The number of carbonyl (C=O) groups excluding carboxylic acids is 2. The third-order valence-electron chi connectivity index (χ3n) is 8.31. The molecule has 2 aromatic carbocycles. The number of nitrogens with one attached hydrogen (secondary N) is 2. The number of ether oxygens (including phenoxy) is 2. The van der Waals surface area contributed by atoms with Crippen molar-refractivity contribution < 1.29 is 32.2 Å². The van der Waals surface area contributed by atoms with Crippen molar-refractivity contribution in [2.45, 2.75) is 44.9 Å². The summed E-state index contributed by atoms with van der Waals surface area (Å²) < 4.78 is 52.5. The fraction of sp³-hybridized carbons (Fsp3) is 0.424. The van der Waals surface area contributed by atoms with E-state index in [1.807, 2.05) is 44.2 Å². The van der Waals surface area contributed by atoms with Gasteiger partial charge in [0.1, 0.15) is 5.75 Å². The van der Waals surface area contributed by atoms with Crippen LogP contribution in [-0.2, 0) is 6.18 Å². The van der Waals surface area contributed by atoms with E-state index in [0.717, 1.165) is 30.2 Å². The minimum atomic E-state index is -4.72. The van der Waals surface area contributed by atoms with E-state index < -0.39 is 23.2 Å². The van der Waals surface area contributed by atoms with Crippen molar-refractivity contribution in [2.24, 2.45) is 0 Å². The van der Waals surface area contributed by atoms with E-state index in [2.05, 4.69) is 20.5 Å². The van der Waals surface area contributed by atoms with Crippen LogP contribution in [0.1, 0.15) is 53.0 Å². The molecule has 2 amide bonds. The van der Waals surface area contributed by atoms with Gasteiger partial charge in [-0.1, -0.05) is 13.0 Å². The number of nitrogens with zero attached hydrogens (tertiary/aromatic N) is 3. The standard InChI is InChI=1S/C33H38F3N5O4/c1-4-23-20-40(32(43)26-10-9-24(44-3)18-28(26)33(34,35)36)15-16-41(23)29-11-8-21(25-7-6-13-38-31(25)45-5-2)17-27(29)30(42)39-22-12-14-37-19-22/h6-11,13,17-18,22-23,37H,4-5,12,14-16,19-20H2,1-3H3,(H,39,42)/t22-,23-/m1/s1. The lowest BCUT2D eigenvalue weighted by Crippen LogP contribution is -2.55. The van der Waals surface area contributed by atoms with Crippen LogP contribution in [0.15, 0.2) is 54.7 Å². The number of hydrogen-bond acceptors (Lipinski definition) is 7. The van der Waals surface area contributed by atoms with Crippen LogP contribution in [0.25, 0.3) is 11.1 Å². The Kier molecular flexibility index (Phi) is 9.81. The molecule has 2 aliphatic rings. The van der Waals surface area contributed by atoms with Crippen molar-refractivity contribution in [1.29, 1.82) is 0 Å². The van der Waals surface area contributed by atoms with Gasteiger partial charge in [0.05, 0.1) is 30.4 Å². The molecule has 0 bridgehead atoms. The smallest absolute Gasteiger partial charge is 0.417 e. The number of anilines is 1. The van der Waals surface area contributed by atoms with Crippen LogP contribution < -0.4 is 25.0 Å². The maximum Gasteiger partial charge on any atom is 0.417 e. The summed E-state index contributed by atoms with van der Waals surface area (Å²) in [5.74, 6) is -0.416. The number of pyridine rings is 1. The SMILES string of the molecule is CCOc1ncccc1-c1ccc(N2CCN(C(=O)c3ccc(OC)cc3C(F)(F)F)C[C@H]2CC)c(C(=O)N[C@@H]2CCNC2)c1. The first kappa shape index (κ1) is 32.1. The number of aromatic nitrogens is 1. The summed E-state index contributed by atoms with van der Waals surface area (Å²) in [4.78, 5) is 35.2. The van der Waals surface area contributed by atoms with E-state index >= 15 is 0 Å². The van der Waals surface area contributed by atoms with Crippen molar-refractivity contribution >= 4 is 17.5 Å². The molecule has 1 aromatic heterocycles. The number of halogens is 3. The lowest BCUT2D eigenvalue weighted by Gasteiger charge is -2.43. The first-order chi connectivity index (χ1) is 21.6. The molecule has 12 heteroatoms. The van der Waals surface area contributed by atoms with Crippen LogP contribution in [0.2, 0.25) is 0 Å². The highest BCUT2D eigenvalue weighted by Gasteiger charge is 2.38. The van der Waals surface area contributed by atoms with Gasteiger partial charge in [-0.2, -0.15) is 13.2 Å². The van der Waals surface area contributed by atoms with E-state index in [-0.39, 0.29) is 36.8 Å². The van der Waals surface area contributed by atoms with Gasteiger partial charge >= 0.3 is 6.18 Å². The first-order valence-corrected chi connectivity index (χ1v) is 15.2. The van der Waals surface area contributed by atoms with Crippen LogP contribution in [-0.4, -0.2) is 80.2 Å². The number of hydrogen-bond donors (Lipinski definition) is 2. The zero-order chi connectivity index (χ0) is 32.1. The van der Waals surface area contributed by atoms with Gasteiger partial charge in [-0.3, -0.25) is 9.59 Å². The van der Waals surface area contributed by atoms with Gasteiger partial charge in [-0.15, -0.1) is 0 Å². The Morgan fingerprint density at radius 1 is 1.09 bits per heavy atom.